The molecule has 0 aliphatic rings. The predicted molar refractivity (Wildman–Crippen MR) is 135 cm³/mol. The summed E-state index contributed by atoms with van der Waals surface area (Å²) in [6, 6.07) is 19.5. The van der Waals surface area contributed by atoms with Crippen molar-refractivity contribution in [1.82, 2.24) is 9.29 Å². The molecule has 0 fully saturated rings. The first kappa shape index (κ1) is 25.4. The van der Waals surface area contributed by atoms with E-state index in [4.69, 9.17) is 5.73 Å². The number of aliphatic hydroxyl groups excluding tert-OH is 1. The van der Waals surface area contributed by atoms with Gasteiger partial charge in [-0.1, -0.05) is 60.7 Å². The van der Waals surface area contributed by atoms with Crippen LogP contribution in [0.5, 0.6) is 0 Å². The highest BCUT2D eigenvalue weighted by Crippen LogP contribution is 2.34. The van der Waals surface area contributed by atoms with Crippen molar-refractivity contribution in [3.63, 3.8) is 0 Å². The Morgan fingerprint density at radius 3 is 2.19 bits per heavy atom. The van der Waals surface area contributed by atoms with Crippen molar-refractivity contribution in [2.45, 2.75) is 24.0 Å². The summed E-state index contributed by atoms with van der Waals surface area (Å²) in [5.74, 6) is -1.72. The third kappa shape index (κ3) is 4.86. The van der Waals surface area contributed by atoms with Crippen LogP contribution in [0.2, 0.25) is 0 Å². The lowest BCUT2D eigenvalue weighted by atomic mass is 10.0. The summed E-state index contributed by atoms with van der Waals surface area (Å²) < 4.78 is 57.2. The number of pyridine rings is 1. The fourth-order valence-electron chi connectivity index (χ4n) is 3.94. The molecule has 0 saturated carbocycles. The maximum atomic E-state index is 15.1. The van der Waals surface area contributed by atoms with Crippen LogP contribution in [0.4, 0.5) is 14.6 Å². The number of hydrogen-bond donors (Lipinski definition) is 2. The minimum Gasteiger partial charge on any atom is -0.387 e. The van der Waals surface area contributed by atoms with Crippen LogP contribution in [-0.2, 0) is 10.0 Å². The minimum absolute atomic E-state index is 0.0352. The molecule has 0 spiro atoms. The third-order valence-corrected chi connectivity index (χ3v) is 8.18. The first-order chi connectivity index (χ1) is 17.1. The molecule has 3 N–H and O–H groups in total. The molecule has 6 nitrogen and oxygen atoms in total. The highest BCUT2D eigenvalue weighted by atomic mass is 32.2. The lowest BCUT2D eigenvalue weighted by Gasteiger charge is -2.29. The molecule has 0 saturated heterocycles. The number of nitrogens with two attached hydrogens (primary N) is 1. The summed E-state index contributed by atoms with van der Waals surface area (Å²) in [7, 11) is -2.68. The number of aromatic nitrogens is 1. The molecule has 4 rings (SSSR count). The molecule has 1 aromatic heterocycles. The largest absolute Gasteiger partial charge is 0.387 e. The topological polar surface area (TPSA) is 96.5 Å². The van der Waals surface area contributed by atoms with Gasteiger partial charge in [0.2, 0.25) is 10.0 Å². The molecule has 0 aliphatic carbocycles. The van der Waals surface area contributed by atoms with Gasteiger partial charge in [-0.3, -0.25) is 0 Å². The van der Waals surface area contributed by atoms with Crippen molar-refractivity contribution < 1.29 is 22.3 Å². The Labute approximate surface area is 208 Å². The number of halogens is 2. The third-order valence-electron chi connectivity index (χ3n) is 6.18. The maximum Gasteiger partial charge on any atom is 0.243 e. The van der Waals surface area contributed by atoms with Crippen LogP contribution >= 0.6 is 0 Å². The Balaban J connectivity index is 1.70. The van der Waals surface area contributed by atoms with Crippen LogP contribution in [0.15, 0.2) is 90.0 Å². The van der Waals surface area contributed by atoms with Crippen molar-refractivity contribution in [1.29, 1.82) is 0 Å². The molecule has 0 unspecified atom stereocenters. The summed E-state index contributed by atoms with van der Waals surface area (Å²) in [5, 5.41) is 10.8. The van der Waals surface area contributed by atoms with E-state index in [1.807, 2.05) is 6.07 Å². The second-order valence-electron chi connectivity index (χ2n) is 8.40. The second-order valence-corrected chi connectivity index (χ2v) is 10.4. The lowest BCUT2D eigenvalue weighted by molar-refractivity contribution is 0.108. The fraction of sp³-hybridized carbons (Fsp3) is 0.148. The van der Waals surface area contributed by atoms with E-state index >= 15 is 4.39 Å². The van der Waals surface area contributed by atoms with Gasteiger partial charge in [-0.05, 0) is 36.2 Å². The highest BCUT2D eigenvalue weighted by Gasteiger charge is 2.32. The maximum absolute atomic E-state index is 15.1. The standard InChI is InChI=1S/C27H25F2N3O3S/c1-17(26(33)18-8-4-3-5-9-18)32(2)36(34,35)25-11-7-6-10-22(25)19-12-13-21(23(28)14-19)20-15-24(29)27(30)31-16-20/h3-17,26,33H,1-2H3,(H2,30,31)/t17-,26+/m0/s1. The van der Waals surface area contributed by atoms with E-state index in [2.05, 4.69) is 4.98 Å². The van der Waals surface area contributed by atoms with Crippen molar-refractivity contribution in [2.24, 2.45) is 0 Å². The Morgan fingerprint density at radius 1 is 0.889 bits per heavy atom. The number of benzene rings is 3. The van der Waals surface area contributed by atoms with E-state index in [9.17, 15) is 17.9 Å². The van der Waals surface area contributed by atoms with Gasteiger partial charge in [-0.15, -0.1) is 0 Å². The van der Waals surface area contributed by atoms with Crippen LogP contribution in [0.1, 0.15) is 18.6 Å². The first-order valence-corrected chi connectivity index (χ1v) is 12.6. The van der Waals surface area contributed by atoms with E-state index in [0.717, 1.165) is 10.4 Å². The van der Waals surface area contributed by atoms with Gasteiger partial charge in [-0.2, -0.15) is 4.31 Å². The number of hydrogen-bond acceptors (Lipinski definition) is 5. The molecule has 3 aromatic carbocycles. The van der Waals surface area contributed by atoms with E-state index in [1.54, 1.807) is 55.5 Å². The zero-order valence-corrected chi connectivity index (χ0v) is 20.5. The quantitative estimate of drug-likeness (QED) is 0.365. The smallest absolute Gasteiger partial charge is 0.243 e. The molecular formula is C27H25F2N3O3S. The number of likely N-dealkylation sites (N-methyl/N-ethyl adjacent to an activating group) is 1. The van der Waals surface area contributed by atoms with E-state index in [0.29, 0.717) is 11.1 Å². The van der Waals surface area contributed by atoms with Crippen LogP contribution in [0.3, 0.4) is 0 Å². The molecule has 1 heterocycles. The van der Waals surface area contributed by atoms with Gasteiger partial charge in [0.1, 0.15) is 5.82 Å². The molecule has 9 heteroatoms. The van der Waals surface area contributed by atoms with Gasteiger partial charge >= 0.3 is 0 Å². The zero-order chi connectivity index (χ0) is 26.0. The number of anilines is 1. The van der Waals surface area contributed by atoms with Gasteiger partial charge in [0.15, 0.2) is 11.6 Å². The first-order valence-electron chi connectivity index (χ1n) is 11.1. The second kappa shape index (κ2) is 10.1. The van der Waals surface area contributed by atoms with Gasteiger partial charge in [-0.25, -0.2) is 22.2 Å². The number of nitrogens with zero attached hydrogens (tertiary/aromatic N) is 2. The fourth-order valence-corrected chi connectivity index (χ4v) is 5.52. The van der Waals surface area contributed by atoms with Crippen molar-refractivity contribution in [2.75, 3.05) is 12.8 Å². The van der Waals surface area contributed by atoms with Crippen LogP contribution < -0.4 is 5.73 Å². The normalized spacial score (nSPS) is 13.5. The Bertz CT molecular complexity index is 1500. The Hall–Kier alpha value is -3.66. The van der Waals surface area contributed by atoms with Crippen LogP contribution in [0.25, 0.3) is 22.3 Å². The van der Waals surface area contributed by atoms with E-state index in [1.165, 1.54) is 31.4 Å². The van der Waals surface area contributed by atoms with E-state index in [-0.39, 0.29) is 27.4 Å². The summed E-state index contributed by atoms with van der Waals surface area (Å²) in [5.41, 5.74) is 6.91. The molecule has 186 valence electrons. The number of aliphatic hydroxyl groups is 1. The summed E-state index contributed by atoms with van der Waals surface area (Å²) in [6.45, 7) is 1.62. The molecule has 0 radical (unpaired) electrons. The Kier molecular flexibility index (Phi) is 7.16. The summed E-state index contributed by atoms with van der Waals surface area (Å²) >= 11 is 0. The summed E-state index contributed by atoms with van der Waals surface area (Å²) in [4.78, 5) is 3.69. The molecule has 0 aliphatic heterocycles. The van der Waals surface area contributed by atoms with Gasteiger partial charge < -0.3 is 10.8 Å². The number of sulfonamides is 1. The molecule has 2 atom stereocenters. The average molecular weight is 510 g/mol. The van der Waals surface area contributed by atoms with Crippen LogP contribution in [-0.4, -0.2) is 35.9 Å². The zero-order valence-electron chi connectivity index (χ0n) is 19.6. The van der Waals surface area contributed by atoms with Gasteiger partial charge in [0, 0.05) is 29.9 Å². The Morgan fingerprint density at radius 2 is 1.53 bits per heavy atom. The lowest BCUT2D eigenvalue weighted by Crippen LogP contribution is -2.39. The highest BCUT2D eigenvalue weighted by molar-refractivity contribution is 7.89. The number of rotatable bonds is 7. The summed E-state index contributed by atoms with van der Waals surface area (Å²) in [6.07, 6.45) is 0.215. The molecular weight excluding hydrogens is 484 g/mol. The van der Waals surface area contributed by atoms with Crippen molar-refractivity contribution >= 4 is 15.8 Å². The monoisotopic (exact) mass is 509 g/mol. The van der Waals surface area contributed by atoms with Crippen molar-refractivity contribution in [3.05, 3.63) is 102 Å². The minimum atomic E-state index is -4.08. The average Bonchev–Trinajstić information content (AvgIpc) is 2.89. The predicted octanol–water partition coefficient (Wildman–Crippen LogP) is 5.02. The molecule has 4 aromatic rings. The van der Waals surface area contributed by atoms with Crippen molar-refractivity contribution in [3.8, 4) is 22.3 Å². The van der Waals surface area contributed by atoms with Gasteiger partial charge in [0.25, 0.3) is 0 Å². The SMILES string of the molecule is C[C@@H]([C@@H](O)c1ccccc1)N(C)S(=O)(=O)c1ccccc1-c1ccc(-c2cnc(N)c(F)c2)c(F)c1. The number of nitrogen functional groups attached to an aromatic ring is 1. The molecule has 36 heavy (non-hydrogen) atoms. The van der Waals surface area contributed by atoms with E-state index < -0.39 is 33.8 Å². The molecule has 0 amide bonds. The van der Waals surface area contributed by atoms with Gasteiger partial charge in [0.05, 0.1) is 17.0 Å². The van der Waals surface area contributed by atoms with Crippen LogP contribution in [0, 0.1) is 11.6 Å². The molecule has 0 bridgehead atoms.